The third-order valence-electron chi connectivity index (χ3n) is 13.8. The Balaban J connectivity index is 0.916. The number of sulfonamides is 1. The number of aromatic nitrogens is 2. The summed E-state index contributed by atoms with van der Waals surface area (Å²) in [6.45, 7) is 10.3. The summed E-state index contributed by atoms with van der Waals surface area (Å²) in [6, 6.07) is 17.7. The Hall–Kier alpha value is -6.21. The van der Waals surface area contributed by atoms with E-state index in [1.54, 1.807) is 42.7 Å². The number of allylic oxidation sites excluding steroid dienone is 1. The number of thiophene rings is 1. The Morgan fingerprint density at radius 3 is 2.54 bits per heavy atom. The largest absolute Gasteiger partial charge is 0.455 e. The topological polar surface area (TPSA) is 183 Å². The van der Waals surface area contributed by atoms with Crippen molar-refractivity contribution in [3.8, 4) is 22.6 Å². The molecule has 1 aliphatic heterocycles. The number of hydrogen-bond acceptors (Lipinski definition) is 12. The number of fused-ring (bicyclic) bond motifs is 1. The first-order chi connectivity index (χ1) is 32.9. The molecule has 362 valence electrons. The zero-order valence-electron chi connectivity index (χ0n) is 38.7. The van der Waals surface area contributed by atoms with E-state index in [9.17, 15) is 37.2 Å². The fourth-order valence-corrected chi connectivity index (χ4v) is 11.6. The van der Waals surface area contributed by atoms with E-state index >= 15 is 0 Å². The number of aliphatic hydroxyl groups is 1. The zero-order valence-corrected chi connectivity index (χ0v) is 40.3. The lowest BCUT2D eigenvalue weighted by Crippen LogP contribution is -2.47. The third-order valence-corrected chi connectivity index (χ3v) is 16.1. The monoisotopic (exact) mass is 979 g/mol. The average Bonchev–Trinajstić information content (AvgIpc) is 4.00. The SMILES string of the molecule is CC1(C)CCC(CN2CCN(c3ccc(C(=O)NS(=O)(=O)c4ccc(NC[C@H]5CC[C@](C)(O)CC5)c([N+](=O)[O-])c4)c(Oc4cnc5[nH]ccc5c4)c3)CC2)=C(c2cc(-c3ccc(F)cc3F)cs2)C1. The van der Waals surface area contributed by atoms with Gasteiger partial charge in [0.2, 0.25) is 0 Å². The first kappa shape index (κ1) is 47.8. The van der Waals surface area contributed by atoms with Gasteiger partial charge in [-0.15, -0.1) is 11.3 Å². The smallest absolute Gasteiger partial charge is 0.293 e. The lowest BCUT2D eigenvalue weighted by Gasteiger charge is -2.39. The molecule has 1 saturated heterocycles. The number of piperazine rings is 1. The van der Waals surface area contributed by atoms with Crippen LogP contribution in [0.3, 0.4) is 0 Å². The number of rotatable bonds is 14. The Labute approximate surface area is 403 Å². The van der Waals surface area contributed by atoms with Crippen LogP contribution in [0.25, 0.3) is 27.7 Å². The molecule has 3 aromatic carbocycles. The van der Waals surface area contributed by atoms with Crippen LogP contribution in [0.15, 0.2) is 101 Å². The normalized spacial score (nSPS) is 20.0. The summed E-state index contributed by atoms with van der Waals surface area (Å²) >= 11 is 1.59. The van der Waals surface area contributed by atoms with E-state index in [0.717, 1.165) is 85.4 Å². The number of pyridine rings is 1. The minimum Gasteiger partial charge on any atom is -0.455 e. The lowest BCUT2D eigenvalue weighted by atomic mass is 9.73. The van der Waals surface area contributed by atoms with Gasteiger partial charge in [0.15, 0.2) is 0 Å². The molecular weight excluding hydrogens is 925 g/mol. The summed E-state index contributed by atoms with van der Waals surface area (Å²) in [7, 11) is -4.61. The van der Waals surface area contributed by atoms with Crippen LogP contribution in [0.1, 0.15) is 81.0 Å². The number of ether oxygens (including phenoxy) is 1. The minimum atomic E-state index is -4.61. The van der Waals surface area contributed by atoms with E-state index in [2.05, 4.69) is 43.7 Å². The van der Waals surface area contributed by atoms with E-state index in [1.807, 2.05) is 17.5 Å². The van der Waals surface area contributed by atoms with Crippen molar-refractivity contribution in [2.24, 2.45) is 11.3 Å². The second-order valence-electron chi connectivity index (χ2n) is 19.6. The molecule has 14 nitrogen and oxygen atoms in total. The van der Waals surface area contributed by atoms with Gasteiger partial charge >= 0.3 is 0 Å². The number of halogens is 2. The predicted molar refractivity (Wildman–Crippen MR) is 264 cm³/mol. The number of nitro benzene ring substituents is 1. The molecule has 0 radical (unpaired) electrons. The number of H-pyrrole nitrogens is 1. The number of nitrogens with one attached hydrogen (secondary N) is 3. The fourth-order valence-electron chi connectivity index (χ4n) is 9.62. The van der Waals surface area contributed by atoms with Crippen molar-refractivity contribution in [1.29, 1.82) is 0 Å². The van der Waals surface area contributed by atoms with Crippen molar-refractivity contribution in [3.63, 3.8) is 0 Å². The van der Waals surface area contributed by atoms with E-state index in [-0.39, 0.29) is 28.3 Å². The lowest BCUT2D eigenvalue weighted by molar-refractivity contribution is -0.384. The molecule has 2 fully saturated rings. The van der Waals surface area contributed by atoms with Crippen molar-refractivity contribution < 1.29 is 36.8 Å². The first-order valence-corrected chi connectivity index (χ1v) is 25.5. The Kier molecular flexibility index (Phi) is 13.4. The highest BCUT2D eigenvalue weighted by molar-refractivity contribution is 7.90. The van der Waals surface area contributed by atoms with Gasteiger partial charge in [-0.2, -0.15) is 0 Å². The molecule has 2 aliphatic carbocycles. The van der Waals surface area contributed by atoms with Crippen LogP contribution in [-0.2, 0) is 10.0 Å². The van der Waals surface area contributed by atoms with Gasteiger partial charge in [-0.25, -0.2) is 26.9 Å². The highest BCUT2D eigenvalue weighted by Gasteiger charge is 2.32. The molecule has 69 heavy (non-hydrogen) atoms. The summed E-state index contributed by atoms with van der Waals surface area (Å²) in [5, 5.41) is 28.3. The molecule has 0 atom stereocenters. The van der Waals surface area contributed by atoms with E-state index in [4.69, 9.17) is 4.74 Å². The molecule has 9 rings (SSSR count). The average molecular weight is 980 g/mol. The van der Waals surface area contributed by atoms with Crippen molar-refractivity contribution in [2.75, 3.05) is 49.5 Å². The van der Waals surface area contributed by atoms with Crippen LogP contribution in [0.5, 0.6) is 11.5 Å². The standard InChI is InChI=1S/C51H55F2N7O7S2/c1-50(2)14-12-34(42(27-50)47-23-35(31-68-47)40-7-4-36(52)24-43(40)53)30-58-18-20-59(21-19-58)37-5-8-41(46(25-37)67-38-22-33-13-17-54-48(33)56-29-38)49(61)57-69(65,66)39-6-9-44(45(26-39)60(63)64)55-28-32-10-15-51(3,62)16-11-32/h4-9,13,17,22-26,29,31-32,55,62H,10-12,14-16,18-21,27-28,30H2,1-3H3,(H,54,56)(H,57,61)/t32-,51-. The maximum absolute atomic E-state index is 14.8. The number of carbonyl (C=O) groups is 1. The van der Waals surface area contributed by atoms with Gasteiger partial charge in [0.25, 0.3) is 21.6 Å². The maximum Gasteiger partial charge on any atom is 0.293 e. The van der Waals surface area contributed by atoms with Crippen molar-refractivity contribution in [3.05, 3.63) is 128 Å². The van der Waals surface area contributed by atoms with Gasteiger partial charge in [-0.1, -0.05) is 19.4 Å². The molecule has 1 saturated carbocycles. The zero-order chi connectivity index (χ0) is 48.7. The van der Waals surface area contributed by atoms with Gasteiger partial charge in [-0.3, -0.25) is 19.8 Å². The number of nitrogens with zero attached hydrogens (tertiary/aromatic N) is 4. The van der Waals surface area contributed by atoms with Crippen molar-refractivity contribution in [2.45, 2.75) is 76.2 Å². The summed E-state index contributed by atoms with van der Waals surface area (Å²) in [5.41, 5.74) is 4.15. The summed E-state index contributed by atoms with van der Waals surface area (Å²) in [6.07, 6.45) is 8.86. The number of carbonyl (C=O) groups excluding carboxylic acids is 1. The van der Waals surface area contributed by atoms with Gasteiger partial charge in [0, 0.05) is 85.2 Å². The van der Waals surface area contributed by atoms with Crippen LogP contribution in [0, 0.1) is 33.1 Å². The fraction of sp³-hybridized carbons (Fsp3) is 0.373. The predicted octanol–water partition coefficient (Wildman–Crippen LogP) is 10.5. The Morgan fingerprint density at radius 1 is 1.00 bits per heavy atom. The molecule has 0 bridgehead atoms. The van der Waals surface area contributed by atoms with Crippen LogP contribution in [0.2, 0.25) is 0 Å². The molecule has 4 heterocycles. The molecule has 1 amide bonds. The molecule has 3 aromatic heterocycles. The molecule has 0 unspecified atom stereocenters. The minimum absolute atomic E-state index is 0.0760. The third kappa shape index (κ3) is 11.0. The van der Waals surface area contributed by atoms with Crippen LogP contribution < -0.4 is 19.7 Å². The number of anilines is 2. The summed E-state index contributed by atoms with van der Waals surface area (Å²) < 4.78 is 64.4. The van der Waals surface area contributed by atoms with Crippen LogP contribution in [-0.4, -0.2) is 84.1 Å². The van der Waals surface area contributed by atoms with E-state index in [0.29, 0.717) is 49.4 Å². The molecule has 3 aliphatic rings. The van der Waals surface area contributed by atoms with E-state index < -0.39 is 48.7 Å². The number of amides is 1. The van der Waals surface area contributed by atoms with E-state index in [1.165, 1.54) is 47.7 Å². The second kappa shape index (κ2) is 19.3. The first-order valence-electron chi connectivity index (χ1n) is 23.2. The number of aromatic amines is 1. The van der Waals surface area contributed by atoms with Crippen molar-refractivity contribution in [1.82, 2.24) is 19.6 Å². The Morgan fingerprint density at radius 2 is 1.78 bits per heavy atom. The summed E-state index contributed by atoms with van der Waals surface area (Å²) in [4.78, 5) is 38.2. The molecule has 0 spiro atoms. The highest BCUT2D eigenvalue weighted by Crippen LogP contribution is 2.46. The number of hydrogen-bond donors (Lipinski definition) is 4. The number of nitro groups is 1. The quantitative estimate of drug-likeness (QED) is 0.0602. The Bertz CT molecular complexity index is 3060. The second-order valence-corrected chi connectivity index (χ2v) is 22.2. The van der Waals surface area contributed by atoms with Crippen LogP contribution in [0.4, 0.5) is 25.8 Å². The van der Waals surface area contributed by atoms with Crippen LogP contribution >= 0.6 is 11.3 Å². The molecular formula is C51H55F2N7O7S2. The molecule has 4 N–H and O–H groups in total. The summed E-state index contributed by atoms with van der Waals surface area (Å²) in [5.74, 6) is -1.59. The molecule has 6 aromatic rings. The maximum atomic E-state index is 14.8. The number of benzene rings is 3. The van der Waals surface area contributed by atoms with Gasteiger partial charge in [-0.05, 0) is 134 Å². The van der Waals surface area contributed by atoms with Gasteiger partial charge in [0.1, 0.15) is 34.5 Å². The van der Waals surface area contributed by atoms with Crippen molar-refractivity contribution >= 4 is 60.9 Å². The van der Waals surface area contributed by atoms with Gasteiger partial charge < -0.3 is 25.0 Å². The molecule has 18 heteroatoms. The highest BCUT2D eigenvalue weighted by atomic mass is 32.2. The van der Waals surface area contributed by atoms with Gasteiger partial charge in [0.05, 0.1) is 27.2 Å².